The molecule has 4 rings (SSSR count). The highest BCUT2D eigenvalue weighted by Gasteiger charge is 2.16. The van der Waals surface area contributed by atoms with Gasteiger partial charge in [0.25, 0.3) is 0 Å². The number of carbonyl (C=O) groups is 1. The van der Waals surface area contributed by atoms with Crippen LogP contribution in [0.2, 0.25) is 0 Å². The molecule has 2 heterocycles. The van der Waals surface area contributed by atoms with Crippen molar-refractivity contribution in [1.82, 2.24) is 14.5 Å². The van der Waals surface area contributed by atoms with Gasteiger partial charge in [-0.3, -0.25) is 9.78 Å². The van der Waals surface area contributed by atoms with Crippen LogP contribution in [0.1, 0.15) is 22.8 Å². The summed E-state index contributed by atoms with van der Waals surface area (Å²) in [5.74, 6) is 1.33. The average Bonchev–Trinajstić information content (AvgIpc) is 3.07. The van der Waals surface area contributed by atoms with Crippen molar-refractivity contribution in [2.24, 2.45) is 0 Å². The first-order chi connectivity index (χ1) is 14.5. The number of para-hydroxylation sites is 3. The summed E-state index contributed by atoms with van der Waals surface area (Å²) in [6, 6.07) is 19.3. The molecule has 0 aliphatic heterocycles. The van der Waals surface area contributed by atoms with Crippen LogP contribution in [0.3, 0.4) is 0 Å². The average molecular weight is 400 g/mol. The zero-order valence-corrected chi connectivity index (χ0v) is 17.3. The molecule has 0 aliphatic rings. The van der Waals surface area contributed by atoms with Gasteiger partial charge in [-0.2, -0.15) is 0 Å². The van der Waals surface area contributed by atoms with Crippen LogP contribution in [0.5, 0.6) is 5.75 Å². The number of amides is 1. The minimum absolute atomic E-state index is 0.129. The monoisotopic (exact) mass is 400 g/mol. The van der Waals surface area contributed by atoms with Crippen molar-refractivity contribution in [1.29, 1.82) is 0 Å². The van der Waals surface area contributed by atoms with Crippen LogP contribution in [0, 0.1) is 20.8 Å². The summed E-state index contributed by atoms with van der Waals surface area (Å²) in [6.45, 7) is 6.24. The van der Waals surface area contributed by atoms with E-state index in [0.29, 0.717) is 5.82 Å². The van der Waals surface area contributed by atoms with Gasteiger partial charge in [0.15, 0.2) is 0 Å². The molecule has 4 aromatic rings. The Kier molecular flexibility index (Phi) is 5.48. The Morgan fingerprint density at radius 3 is 2.50 bits per heavy atom. The Hall–Kier alpha value is -3.67. The third-order valence-corrected chi connectivity index (χ3v) is 4.94. The predicted octanol–water partition coefficient (Wildman–Crippen LogP) is 4.57. The lowest BCUT2D eigenvalue weighted by atomic mass is 10.1. The van der Waals surface area contributed by atoms with Crippen molar-refractivity contribution in [2.75, 3.05) is 5.32 Å². The third kappa shape index (κ3) is 4.17. The number of hydrogen-bond acceptors (Lipinski definition) is 4. The van der Waals surface area contributed by atoms with Crippen molar-refractivity contribution in [3.63, 3.8) is 0 Å². The summed E-state index contributed by atoms with van der Waals surface area (Å²) in [6.07, 6.45) is 0. The molecule has 0 saturated heterocycles. The van der Waals surface area contributed by atoms with Crippen molar-refractivity contribution >= 4 is 22.6 Å². The van der Waals surface area contributed by atoms with E-state index in [1.54, 1.807) is 0 Å². The zero-order chi connectivity index (χ0) is 21.1. The summed E-state index contributed by atoms with van der Waals surface area (Å²) >= 11 is 0. The summed E-state index contributed by atoms with van der Waals surface area (Å²) in [5.41, 5.74) is 5.23. The molecule has 0 spiro atoms. The first-order valence-corrected chi connectivity index (χ1v) is 9.88. The van der Waals surface area contributed by atoms with E-state index in [-0.39, 0.29) is 19.1 Å². The first kappa shape index (κ1) is 19.6. The van der Waals surface area contributed by atoms with Crippen LogP contribution in [0.15, 0.2) is 60.7 Å². The van der Waals surface area contributed by atoms with E-state index >= 15 is 0 Å². The van der Waals surface area contributed by atoms with Crippen LogP contribution in [0.4, 0.5) is 5.69 Å². The van der Waals surface area contributed by atoms with Crippen LogP contribution in [-0.2, 0) is 17.9 Å². The SMILES string of the molecule is Cc1cc(C)c(NC(=O)Cn2c(COc3ccccc3)nc3ccccc32)c(C)n1. The smallest absolute Gasteiger partial charge is 0.244 e. The molecule has 6 heteroatoms. The van der Waals surface area contributed by atoms with Crippen molar-refractivity contribution in [2.45, 2.75) is 33.9 Å². The highest BCUT2D eigenvalue weighted by atomic mass is 16.5. The molecule has 1 amide bonds. The number of pyridine rings is 1. The Labute approximate surface area is 175 Å². The maximum atomic E-state index is 12.9. The molecule has 152 valence electrons. The molecule has 0 fully saturated rings. The Bertz CT molecular complexity index is 1180. The number of anilines is 1. The quantitative estimate of drug-likeness (QED) is 0.515. The van der Waals surface area contributed by atoms with Gasteiger partial charge < -0.3 is 14.6 Å². The van der Waals surface area contributed by atoms with Gasteiger partial charge in [-0.05, 0) is 56.7 Å². The standard InChI is InChI=1S/C24H24N4O2/c1-16-13-17(2)25-18(3)24(16)27-23(29)14-28-21-12-8-7-11-20(21)26-22(28)15-30-19-9-5-4-6-10-19/h4-13H,14-15H2,1-3H3,(H,27,29). The molecule has 6 nitrogen and oxygen atoms in total. The number of aryl methyl sites for hydroxylation is 3. The maximum absolute atomic E-state index is 12.9. The predicted molar refractivity (Wildman–Crippen MR) is 118 cm³/mol. The van der Waals surface area contributed by atoms with Crippen molar-refractivity contribution < 1.29 is 9.53 Å². The van der Waals surface area contributed by atoms with Gasteiger partial charge >= 0.3 is 0 Å². The Morgan fingerprint density at radius 1 is 1.00 bits per heavy atom. The van der Waals surface area contributed by atoms with E-state index in [1.807, 2.05) is 86.0 Å². The van der Waals surface area contributed by atoms with E-state index in [4.69, 9.17) is 4.74 Å². The number of nitrogens with one attached hydrogen (secondary N) is 1. The second kappa shape index (κ2) is 8.37. The van der Waals surface area contributed by atoms with Gasteiger partial charge in [0.1, 0.15) is 24.7 Å². The lowest BCUT2D eigenvalue weighted by Gasteiger charge is -2.14. The lowest BCUT2D eigenvalue weighted by molar-refractivity contribution is -0.116. The molecule has 2 aromatic heterocycles. The summed E-state index contributed by atoms with van der Waals surface area (Å²) in [4.78, 5) is 22.1. The molecule has 0 unspecified atom stereocenters. The minimum atomic E-state index is -0.129. The number of benzene rings is 2. The topological polar surface area (TPSA) is 69.0 Å². The second-order valence-corrected chi connectivity index (χ2v) is 7.29. The highest BCUT2D eigenvalue weighted by molar-refractivity contribution is 5.93. The minimum Gasteiger partial charge on any atom is -0.486 e. The fourth-order valence-corrected chi connectivity index (χ4v) is 3.61. The van der Waals surface area contributed by atoms with Crippen LogP contribution in [0.25, 0.3) is 11.0 Å². The summed E-state index contributed by atoms with van der Waals surface area (Å²) < 4.78 is 7.79. The number of fused-ring (bicyclic) bond motifs is 1. The van der Waals surface area contributed by atoms with E-state index in [9.17, 15) is 4.79 Å². The van der Waals surface area contributed by atoms with Crippen LogP contribution in [-0.4, -0.2) is 20.4 Å². The largest absolute Gasteiger partial charge is 0.486 e. The molecule has 0 saturated carbocycles. The molecule has 0 atom stereocenters. The fourth-order valence-electron chi connectivity index (χ4n) is 3.61. The number of ether oxygens (including phenoxy) is 1. The van der Waals surface area contributed by atoms with Gasteiger partial charge in [0.2, 0.25) is 5.91 Å². The number of imidazole rings is 1. The Balaban J connectivity index is 1.59. The second-order valence-electron chi connectivity index (χ2n) is 7.29. The van der Waals surface area contributed by atoms with E-state index in [0.717, 1.165) is 39.4 Å². The normalized spacial score (nSPS) is 10.9. The number of carbonyl (C=O) groups excluding carboxylic acids is 1. The van der Waals surface area contributed by atoms with E-state index in [1.165, 1.54) is 0 Å². The number of nitrogens with zero attached hydrogens (tertiary/aromatic N) is 3. The third-order valence-electron chi connectivity index (χ3n) is 4.94. The zero-order valence-electron chi connectivity index (χ0n) is 17.3. The summed E-state index contributed by atoms with van der Waals surface area (Å²) in [7, 11) is 0. The van der Waals surface area contributed by atoms with Gasteiger partial charge in [0, 0.05) is 5.69 Å². The van der Waals surface area contributed by atoms with E-state index < -0.39 is 0 Å². The highest BCUT2D eigenvalue weighted by Crippen LogP contribution is 2.21. The maximum Gasteiger partial charge on any atom is 0.244 e. The lowest BCUT2D eigenvalue weighted by Crippen LogP contribution is -2.22. The molecule has 30 heavy (non-hydrogen) atoms. The molecular weight excluding hydrogens is 376 g/mol. The number of aromatic nitrogens is 3. The van der Waals surface area contributed by atoms with Crippen molar-refractivity contribution in [3.05, 3.63) is 83.4 Å². The first-order valence-electron chi connectivity index (χ1n) is 9.88. The van der Waals surface area contributed by atoms with Gasteiger partial charge in [-0.1, -0.05) is 30.3 Å². The number of hydrogen-bond donors (Lipinski definition) is 1. The van der Waals surface area contributed by atoms with Gasteiger partial charge in [-0.15, -0.1) is 0 Å². The molecule has 1 N–H and O–H groups in total. The molecule has 0 aliphatic carbocycles. The van der Waals surface area contributed by atoms with Gasteiger partial charge in [-0.25, -0.2) is 4.98 Å². The van der Waals surface area contributed by atoms with Crippen LogP contribution < -0.4 is 10.1 Å². The Morgan fingerprint density at radius 2 is 1.73 bits per heavy atom. The van der Waals surface area contributed by atoms with Crippen LogP contribution >= 0.6 is 0 Å². The summed E-state index contributed by atoms with van der Waals surface area (Å²) in [5, 5.41) is 3.02. The fraction of sp³-hybridized carbons (Fsp3) is 0.208. The van der Waals surface area contributed by atoms with Crippen molar-refractivity contribution in [3.8, 4) is 5.75 Å². The molecule has 2 aromatic carbocycles. The van der Waals surface area contributed by atoms with Gasteiger partial charge in [0.05, 0.1) is 22.4 Å². The number of rotatable bonds is 6. The molecule has 0 bridgehead atoms. The molecule has 0 radical (unpaired) electrons. The molecular formula is C24H24N4O2. The van der Waals surface area contributed by atoms with E-state index in [2.05, 4.69) is 15.3 Å².